The van der Waals surface area contributed by atoms with Gasteiger partial charge in [0.25, 0.3) is 0 Å². The van der Waals surface area contributed by atoms with Gasteiger partial charge in [-0.25, -0.2) is 0 Å². The summed E-state index contributed by atoms with van der Waals surface area (Å²) in [4.78, 5) is 0. The van der Waals surface area contributed by atoms with Crippen LogP contribution in [0.5, 0.6) is 0 Å². The summed E-state index contributed by atoms with van der Waals surface area (Å²) in [5.41, 5.74) is 0. The van der Waals surface area contributed by atoms with Crippen molar-refractivity contribution >= 4 is 11.8 Å². The second kappa shape index (κ2) is 5.35. The molecule has 0 bridgehead atoms. The summed E-state index contributed by atoms with van der Waals surface area (Å²) in [5.74, 6) is 1.09. The van der Waals surface area contributed by atoms with Crippen LogP contribution in [0.1, 0.15) is 38.4 Å². The summed E-state index contributed by atoms with van der Waals surface area (Å²) >= 11 is 1.55. The van der Waals surface area contributed by atoms with Gasteiger partial charge in [-0.15, -0.1) is 10.2 Å². The standard InChI is InChI=1S/C11H16N4S/c1-2-9(8-12)16-11-14-13-10-6-4-3-5-7-15(10)11/h9H,2-7H2,1H3. The van der Waals surface area contributed by atoms with E-state index in [2.05, 4.69) is 20.8 Å². The average molecular weight is 236 g/mol. The largest absolute Gasteiger partial charge is 0.306 e. The first-order valence-electron chi connectivity index (χ1n) is 5.83. The van der Waals surface area contributed by atoms with Crippen molar-refractivity contribution < 1.29 is 0 Å². The summed E-state index contributed by atoms with van der Waals surface area (Å²) in [7, 11) is 0. The van der Waals surface area contributed by atoms with E-state index in [0.29, 0.717) is 0 Å². The summed E-state index contributed by atoms with van der Waals surface area (Å²) in [6, 6.07) is 2.29. The first-order chi connectivity index (χ1) is 7.85. The molecule has 2 rings (SSSR count). The zero-order valence-electron chi connectivity index (χ0n) is 9.52. The maximum Gasteiger partial charge on any atom is 0.192 e. The van der Waals surface area contributed by atoms with Crippen molar-refractivity contribution in [2.24, 2.45) is 0 Å². The smallest absolute Gasteiger partial charge is 0.192 e. The zero-order chi connectivity index (χ0) is 11.4. The lowest BCUT2D eigenvalue weighted by Crippen LogP contribution is -2.05. The number of nitriles is 1. The van der Waals surface area contributed by atoms with Crippen LogP contribution in [0.15, 0.2) is 5.16 Å². The Morgan fingerprint density at radius 3 is 3.06 bits per heavy atom. The normalized spacial score (nSPS) is 17.2. The monoisotopic (exact) mass is 236 g/mol. The van der Waals surface area contributed by atoms with Gasteiger partial charge in [-0.1, -0.05) is 25.1 Å². The molecule has 0 aliphatic carbocycles. The SMILES string of the molecule is CCC(C#N)Sc1nnc2n1CCCCC2. The van der Waals surface area contributed by atoms with Crippen LogP contribution in [0.25, 0.3) is 0 Å². The Balaban J connectivity index is 2.16. The Hall–Kier alpha value is -1.02. The lowest BCUT2D eigenvalue weighted by Gasteiger charge is -2.08. The van der Waals surface area contributed by atoms with Gasteiger partial charge in [0.2, 0.25) is 0 Å². The molecule has 0 aromatic carbocycles. The minimum atomic E-state index is -0.00319. The molecule has 5 heteroatoms. The molecule has 1 unspecified atom stereocenters. The third kappa shape index (κ3) is 2.38. The van der Waals surface area contributed by atoms with Gasteiger partial charge >= 0.3 is 0 Å². The maximum atomic E-state index is 8.96. The Labute approximate surface area is 100 Å². The summed E-state index contributed by atoms with van der Waals surface area (Å²) < 4.78 is 2.19. The van der Waals surface area contributed by atoms with Crippen LogP contribution >= 0.6 is 11.8 Å². The lowest BCUT2D eigenvalue weighted by molar-refractivity contribution is 0.590. The van der Waals surface area contributed by atoms with Crippen molar-refractivity contribution in [2.75, 3.05) is 0 Å². The van der Waals surface area contributed by atoms with E-state index in [9.17, 15) is 0 Å². The van der Waals surface area contributed by atoms with Crippen LogP contribution in [0.4, 0.5) is 0 Å². The summed E-state index contributed by atoms with van der Waals surface area (Å²) in [6.07, 6.45) is 5.55. The highest BCUT2D eigenvalue weighted by atomic mass is 32.2. The molecule has 1 aliphatic heterocycles. The van der Waals surface area contributed by atoms with Crippen molar-refractivity contribution in [1.29, 1.82) is 5.26 Å². The van der Waals surface area contributed by atoms with Gasteiger partial charge < -0.3 is 4.57 Å². The van der Waals surface area contributed by atoms with Crippen molar-refractivity contribution in [3.05, 3.63) is 5.82 Å². The quantitative estimate of drug-likeness (QED) is 0.756. The van der Waals surface area contributed by atoms with Crippen LogP contribution < -0.4 is 0 Å². The summed E-state index contributed by atoms with van der Waals surface area (Å²) in [5, 5.41) is 18.3. The van der Waals surface area contributed by atoms with Crippen molar-refractivity contribution in [2.45, 2.75) is 56.0 Å². The molecule has 2 heterocycles. The number of thioether (sulfide) groups is 1. The Bertz CT molecular complexity index is 393. The number of hydrogen-bond donors (Lipinski definition) is 0. The van der Waals surface area contributed by atoms with Gasteiger partial charge in [-0.05, 0) is 19.3 Å². The first kappa shape index (κ1) is 11.5. The van der Waals surface area contributed by atoms with Crippen LogP contribution in [-0.2, 0) is 13.0 Å². The van der Waals surface area contributed by atoms with E-state index in [1.54, 1.807) is 11.8 Å². The van der Waals surface area contributed by atoms with Gasteiger partial charge in [-0.2, -0.15) is 5.26 Å². The Morgan fingerprint density at radius 1 is 1.44 bits per heavy atom. The molecule has 0 saturated carbocycles. The number of nitrogens with zero attached hydrogens (tertiary/aromatic N) is 4. The molecule has 0 radical (unpaired) electrons. The number of hydrogen-bond acceptors (Lipinski definition) is 4. The van der Waals surface area contributed by atoms with Crippen molar-refractivity contribution in [1.82, 2.24) is 14.8 Å². The summed E-state index contributed by atoms with van der Waals surface area (Å²) in [6.45, 7) is 3.03. The van der Waals surface area contributed by atoms with E-state index < -0.39 is 0 Å². The molecular formula is C11H16N4S. The van der Waals surface area contributed by atoms with Gasteiger partial charge in [-0.3, -0.25) is 0 Å². The van der Waals surface area contributed by atoms with E-state index in [-0.39, 0.29) is 5.25 Å². The number of aryl methyl sites for hydroxylation is 1. The maximum absolute atomic E-state index is 8.96. The molecule has 1 aromatic rings. The topological polar surface area (TPSA) is 54.5 Å². The van der Waals surface area contributed by atoms with Gasteiger partial charge in [0.05, 0.1) is 11.3 Å². The number of aromatic nitrogens is 3. The van der Waals surface area contributed by atoms with Gasteiger partial charge in [0.15, 0.2) is 5.16 Å². The van der Waals surface area contributed by atoms with Crippen LogP contribution in [0.2, 0.25) is 0 Å². The molecule has 1 aliphatic rings. The molecule has 1 aromatic heterocycles. The molecule has 1 atom stereocenters. The molecule has 16 heavy (non-hydrogen) atoms. The highest BCUT2D eigenvalue weighted by Gasteiger charge is 2.17. The van der Waals surface area contributed by atoms with E-state index in [1.807, 2.05) is 6.92 Å². The minimum Gasteiger partial charge on any atom is -0.306 e. The Morgan fingerprint density at radius 2 is 2.31 bits per heavy atom. The molecule has 4 nitrogen and oxygen atoms in total. The molecule has 0 spiro atoms. The highest BCUT2D eigenvalue weighted by Crippen LogP contribution is 2.26. The second-order valence-corrected chi connectivity index (χ2v) is 5.17. The highest BCUT2D eigenvalue weighted by molar-refractivity contribution is 8.00. The first-order valence-corrected chi connectivity index (χ1v) is 6.71. The van der Waals surface area contributed by atoms with Crippen molar-refractivity contribution in [3.63, 3.8) is 0 Å². The zero-order valence-corrected chi connectivity index (χ0v) is 10.3. The third-order valence-electron chi connectivity index (χ3n) is 2.84. The lowest BCUT2D eigenvalue weighted by atomic mass is 10.2. The Kier molecular flexibility index (Phi) is 3.83. The van der Waals surface area contributed by atoms with E-state index in [0.717, 1.165) is 30.4 Å². The molecule has 0 N–H and O–H groups in total. The van der Waals surface area contributed by atoms with Crippen molar-refractivity contribution in [3.8, 4) is 6.07 Å². The fourth-order valence-electron chi connectivity index (χ4n) is 1.87. The van der Waals surface area contributed by atoms with E-state index in [4.69, 9.17) is 5.26 Å². The van der Waals surface area contributed by atoms with Crippen LogP contribution in [0.3, 0.4) is 0 Å². The second-order valence-electron chi connectivity index (χ2n) is 4.00. The van der Waals surface area contributed by atoms with Crippen LogP contribution in [0, 0.1) is 11.3 Å². The number of rotatable bonds is 3. The predicted molar refractivity (Wildman–Crippen MR) is 63.1 cm³/mol. The molecule has 0 fully saturated rings. The fourth-order valence-corrected chi connectivity index (χ4v) is 2.76. The predicted octanol–water partition coefficient (Wildman–Crippen LogP) is 2.40. The number of fused-ring (bicyclic) bond motifs is 1. The van der Waals surface area contributed by atoms with Crippen LogP contribution in [-0.4, -0.2) is 20.0 Å². The fraction of sp³-hybridized carbons (Fsp3) is 0.727. The molecule has 0 amide bonds. The van der Waals surface area contributed by atoms with Gasteiger partial charge in [0.1, 0.15) is 5.82 Å². The average Bonchev–Trinajstić information content (AvgIpc) is 2.54. The third-order valence-corrected chi connectivity index (χ3v) is 4.07. The van der Waals surface area contributed by atoms with E-state index >= 15 is 0 Å². The van der Waals surface area contributed by atoms with E-state index in [1.165, 1.54) is 19.3 Å². The molecular weight excluding hydrogens is 220 g/mol. The van der Waals surface area contributed by atoms with Gasteiger partial charge in [0, 0.05) is 13.0 Å². The minimum absolute atomic E-state index is 0.00319. The molecule has 0 saturated heterocycles. The molecule has 86 valence electrons.